The van der Waals surface area contributed by atoms with E-state index in [2.05, 4.69) is 21.8 Å². The van der Waals surface area contributed by atoms with E-state index in [-0.39, 0.29) is 5.91 Å². The molecule has 0 aromatic carbocycles. The molecule has 0 N–H and O–H groups in total. The predicted octanol–water partition coefficient (Wildman–Crippen LogP) is 4.60. The molecule has 2 aromatic heterocycles. The molecule has 1 saturated carbocycles. The smallest absolute Gasteiger partial charge is 0.228 e. The Balaban J connectivity index is 1.61. The molecule has 1 aliphatic carbocycles. The van der Waals surface area contributed by atoms with E-state index in [1.165, 1.54) is 25.7 Å². The van der Waals surface area contributed by atoms with Crippen LogP contribution in [0.25, 0.3) is 10.6 Å². The SMILES string of the molecule is CN(C(=O)Cc1csc(-c2ccsc2)n1)C1CCCCCC1. The van der Waals surface area contributed by atoms with E-state index < -0.39 is 0 Å². The van der Waals surface area contributed by atoms with Crippen LogP contribution >= 0.6 is 22.7 Å². The zero-order chi connectivity index (χ0) is 15.4. The second kappa shape index (κ2) is 7.38. The number of carbonyl (C=O) groups is 1. The standard InChI is InChI=1S/C17H22N2OS2/c1-19(15-6-4-2-3-5-7-15)16(20)10-14-12-22-17(18-14)13-8-9-21-11-13/h8-9,11-12,15H,2-7,10H2,1H3. The van der Waals surface area contributed by atoms with Gasteiger partial charge in [0.1, 0.15) is 5.01 Å². The number of rotatable bonds is 4. The van der Waals surface area contributed by atoms with Gasteiger partial charge in [-0.3, -0.25) is 4.79 Å². The van der Waals surface area contributed by atoms with Gasteiger partial charge in [-0.2, -0.15) is 11.3 Å². The average Bonchev–Trinajstić information content (AvgIpc) is 3.13. The molecular weight excluding hydrogens is 312 g/mol. The summed E-state index contributed by atoms with van der Waals surface area (Å²) < 4.78 is 0. The first-order valence-corrected chi connectivity index (χ1v) is 9.79. The van der Waals surface area contributed by atoms with Crippen molar-refractivity contribution in [3.63, 3.8) is 0 Å². The monoisotopic (exact) mass is 334 g/mol. The first-order chi connectivity index (χ1) is 10.7. The summed E-state index contributed by atoms with van der Waals surface area (Å²) in [6.07, 6.45) is 7.86. The summed E-state index contributed by atoms with van der Waals surface area (Å²) >= 11 is 3.30. The van der Waals surface area contributed by atoms with Crippen LogP contribution in [0.4, 0.5) is 0 Å². The molecule has 0 radical (unpaired) electrons. The lowest BCUT2D eigenvalue weighted by Gasteiger charge is -2.27. The highest BCUT2D eigenvalue weighted by molar-refractivity contribution is 7.14. The van der Waals surface area contributed by atoms with Crippen LogP contribution in [0.1, 0.15) is 44.2 Å². The minimum absolute atomic E-state index is 0.203. The normalized spacial score (nSPS) is 16.4. The summed E-state index contributed by atoms with van der Waals surface area (Å²) in [7, 11) is 1.96. The molecular formula is C17H22N2OS2. The van der Waals surface area contributed by atoms with Crippen LogP contribution in [0.5, 0.6) is 0 Å². The number of nitrogens with zero attached hydrogens (tertiary/aromatic N) is 2. The molecule has 0 atom stereocenters. The highest BCUT2D eigenvalue weighted by atomic mass is 32.1. The van der Waals surface area contributed by atoms with Crippen LogP contribution in [-0.2, 0) is 11.2 Å². The van der Waals surface area contributed by atoms with Crippen molar-refractivity contribution in [3.8, 4) is 10.6 Å². The van der Waals surface area contributed by atoms with E-state index in [1.54, 1.807) is 22.7 Å². The van der Waals surface area contributed by atoms with Crippen LogP contribution in [0.2, 0.25) is 0 Å². The van der Waals surface area contributed by atoms with Crippen molar-refractivity contribution >= 4 is 28.6 Å². The Morgan fingerprint density at radius 3 is 2.73 bits per heavy atom. The zero-order valence-corrected chi connectivity index (χ0v) is 14.6. The van der Waals surface area contributed by atoms with E-state index in [4.69, 9.17) is 0 Å². The van der Waals surface area contributed by atoms with E-state index in [0.29, 0.717) is 12.5 Å². The van der Waals surface area contributed by atoms with Crippen molar-refractivity contribution in [1.29, 1.82) is 0 Å². The van der Waals surface area contributed by atoms with Gasteiger partial charge in [0.25, 0.3) is 0 Å². The van der Waals surface area contributed by atoms with Gasteiger partial charge in [-0.25, -0.2) is 4.98 Å². The van der Waals surface area contributed by atoms with Crippen molar-refractivity contribution in [3.05, 3.63) is 27.9 Å². The lowest BCUT2D eigenvalue weighted by molar-refractivity contribution is -0.131. The van der Waals surface area contributed by atoms with Crippen molar-refractivity contribution in [2.45, 2.75) is 51.0 Å². The van der Waals surface area contributed by atoms with Crippen LogP contribution in [0.3, 0.4) is 0 Å². The van der Waals surface area contributed by atoms with Gasteiger partial charge in [-0.1, -0.05) is 25.7 Å². The molecule has 0 bridgehead atoms. The molecule has 22 heavy (non-hydrogen) atoms. The van der Waals surface area contributed by atoms with E-state index >= 15 is 0 Å². The molecule has 2 heterocycles. The maximum absolute atomic E-state index is 12.5. The fourth-order valence-electron chi connectivity index (χ4n) is 3.04. The molecule has 0 unspecified atom stereocenters. The summed E-state index contributed by atoms with van der Waals surface area (Å²) in [4.78, 5) is 19.1. The Labute approximate surface area is 140 Å². The molecule has 118 valence electrons. The molecule has 0 saturated heterocycles. The first kappa shape index (κ1) is 15.7. The second-order valence-electron chi connectivity index (χ2n) is 5.98. The fourth-order valence-corrected chi connectivity index (χ4v) is 4.57. The molecule has 2 aromatic rings. The number of carbonyl (C=O) groups excluding carboxylic acids is 1. The van der Waals surface area contributed by atoms with Crippen molar-refractivity contribution in [2.24, 2.45) is 0 Å². The van der Waals surface area contributed by atoms with Crippen molar-refractivity contribution < 1.29 is 4.79 Å². The van der Waals surface area contributed by atoms with Gasteiger partial charge in [0, 0.05) is 29.4 Å². The maximum Gasteiger partial charge on any atom is 0.228 e. The van der Waals surface area contributed by atoms with Gasteiger partial charge in [0.05, 0.1) is 12.1 Å². The summed E-state index contributed by atoms with van der Waals surface area (Å²) in [5.41, 5.74) is 2.06. The van der Waals surface area contributed by atoms with Crippen molar-refractivity contribution in [2.75, 3.05) is 7.05 Å². The molecule has 3 nitrogen and oxygen atoms in total. The average molecular weight is 335 g/mol. The number of aromatic nitrogens is 1. The van der Waals surface area contributed by atoms with Crippen LogP contribution in [0, 0.1) is 0 Å². The van der Waals surface area contributed by atoms with Gasteiger partial charge in [-0.05, 0) is 24.3 Å². The number of thiophene rings is 1. The summed E-state index contributed by atoms with van der Waals surface area (Å²) in [6, 6.07) is 2.50. The Bertz CT molecular complexity index is 598. The van der Waals surface area contributed by atoms with Crippen LogP contribution < -0.4 is 0 Å². The minimum Gasteiger partial charge on any atom is -0.342 e. The van der Waals surface area contributed by atoms with Gasteiger partial charge in [0.2, 0.25) is 5.91 Å². The summed E-state index contributed by atoms with van der Waals surface area (Å²) in [5, 5.41) is 7.19. The Hall–Kier alpha value is -1.20. The first-order valence-electron chi connectivity index (χ1n) is 7.96. The molecule has 5 heteroatoms. The largest absolute Gasteiger partial charge is 0.342 e. The molecule has 1 aliphatic rings. The van der Waals surface area contributed by atoms with Gasteiger partial charge in [-0.15, -0.1) is 11.3 Å². The summed E-state index contributed by atoms with van der Waals surface area (Å²) in [6.45, 7) is 0. The fraction of sp³-hybridized carbons (Fsp3) is 0.529. The number of hydrogen-bond donors (Lipinski definition) is 0. The quantitative estimate of drug-likeness (QED) is 0.766. The molecule has 0 spiro atoms. The highest BCUT2D eigenvalue weighted by Crippen LogP contribution is 2.26. The lowest BCUT2D eigenvalue weighted by atomic mass is 10.1. The lowest BCUT2D eigenvalue weighted by Crippen LogP contribution is -2.37. The number of hydrogen-bond acceptors (Lipinski definition) is 4. The van der Waals surface area contributed by atoms with Crippen LogP contribution in [-0.4, -0.2) is 28.9 Å². The summed E-state index contributed by atoms with van der Waals surface area (Å²) in [5.74, 6) is 0.203. The Morgan fingerprint density at radius 2 is 2.05 bits per heavy atom. The van der Waals surface area contributed by atoms with Crippen LogP contribution in [0.15, 0.2) is 22.2 Å². The molecule has 1 amide bonds. The minimum atomic E-state index is 0.203. The second-order valence-corrected chi connectivity index (χ2v) is 7.62. The Morgan fingerprint density at radius 1 is 1.27 bits per heavy atom. The van der Waals surface area contributed by atoms with Gasteiger partial charge < -0.3 is 4.90 Å². The highest BCUT2D eigenvalue weighted by Gasteiger charge is 2.22. The topological polar surface area (TPSA) is 33.2 Å². The zero-order valence-electron chi connectivity index (χ0n) is 13.0. The van der Waals surface area contributed by atoms with E-state index in [0.717, 1.165) is 29.1 Å². The predicted molar refractivity (Wildman–Crippen MR) is 93.4 cm³/mol. The Kier molecular flexibility index (Phi) is 5.26. The van der Waals surface area contributed by atoms with Gasteiger partial charge >= 0.3 is 0 Å². The molecule has 3 rings (SSSR count). The van der Waals surface area contributed by atoms with E-state index in [9.17, 15) is 4.79 Å². The number of amides is 1. The number of likely N-dealkylation sites (N-methyl/N-ethyl adjacent to an activating group) is 1. The third-order valence-corrected chi connectivity index (χ3v) is 6.04. The third kappa shape index (κ3) is 3.76. The molecule has 1 fully saturated rings. The third-order valence-electron chi connectivity index (χ3n) is 4.42. The van der Waals surface area contributed by atoms with Gasteiger partial charge in [0.15, 0.2) is 0 Å². The molecule has 0 aliphatic heterocycles. The maximum atomic E-state index is 12.5. The van der Waals surface area contributed by atoms with Crippen molar-refractivity contribution in [1.82, 2.24) is 9.88 Å². The number of thiazole rings is 1. The van der Waals surface area contributed by atoms with E-state index in [1.807, 2.05) is 17.3 Å².